The minimum absolute atomic E-state index is 0. The van der Waals surface area contributed by atoms with Crippen molar-refractivity contribution >= 4 is 81.2 Å². The van der Waals surface area contributed by atoms with Gasteiger partial charge >= 0.3 is 71.1 Å². The zero-order valence-electron chi connectivity index (χ0n) is 9.29. The maximum absolute atomic E-state index is 11.2. The zero-order chi connectivity index (χ0) is 13.5. The second kappa shape index (κ2) is 12.3. The molecule has 10 heteroatoms. The third-order valence-corrected chi connectivity index (χ3v) is 2.70. The van der Waals surface area contributed by atoms with E-state index < -0.39 is 33.7 Å². The van der Waals surface area contributed by atoms with Gasteiger partial charge in [0.15, 0.2) is 5.25 Å². The molecule has 0 spiro atoms. The van der Waals surface area contributed by atoms with Gasteiger partial charge in [-0.2, -0.15) is 8.42 Å². The molecule has 0 saturated heterocycles. The van der Waals surface area contributed by atoms with Crippen LogP contribution in [0.2, 0.25) is 0 Å². The molecule has 0 aromatic rings. The van der Waals surface area contributed by atoms with Crippen LogP contribution >= 0.6 is 0 Å². The molecule has 19 heavy (non-hydrogen) atoms. The van der Waals surface area contributed by atoms with Crippen LogP contribution in [-0.2, 0) is 29.2 Å². The normalized spacial score (nSPS) is 11.3. The molecular weight excluding hydrogens is 298 g/mol. The van der Waals surface area contributed by atoms with Gasteiger partial charge in [-0.1, -0.05) is 12.7 Å². The molecule has 1 unspecified atom stereocenters. The number of hydrogen-bond acceptors (Lipinski definition) is 6. The van der Waals surface area contributed by atoms with Crippen LogP contribution in [-0.4, -0.2) is 102 Å². The Balaban J connectivity index is -0.00000128. The van der Waals surface area contributed by atoms with Gasteiger partial charge in [0.05, 0.1) is 13.0 Å². The second-order valence-electron chi connectivity index (χ2n) is 2.93. The fourth-order valence-corrected chi connectivity index (χ4v) is 1.57. The van der Waals surface area contributed by atoms with Crippen LogP contribution < -0.4 is 0 Å². The summed E-state index contributed by atoms with van der Waals surface area (Å²) in [6, 6.07) is 0. The van der Waals surface area contributed by atoms with Crippen molar-refractivity contribution in [2.75, 3.05) is 13.2 Å². The third kappa shape index (κ3) is 11.0. The Morgan fingerprint density at radius 2 is 1.84 bits per heavy atom. The second-order valence-corrected chi connectivity index (χ2v) is 4.53. The van der Waals surface area contributed by atoms with Crippen molar-refractivity contribution in [1.82, 2.24) is 0 Å². The molecule has 0 aromatic carbocycles. The van der Waals surface area contributed by atoms with Crippen molar-refractivity contribution < 1.29 is 32.0 Å². The summed E-state index contributed by atoms with van der Waals surface area (Å²) >= 11 is 0. The summed E-state index contributed by atoms with van der Waals surface area (Å²) < 4.78 is 39.5. The maximum atomic E-state index is 11.2. The molecule has 0 saturated carbocycles. The number of carbonyl (C=O) groups is 2. The van der Waals surface area contributed by atoms with E-state index in [1.54, 1.807) is 0 Å². The average Bonchev–Trinajstić information content (AvgIpc) is 2.21. The Bertz CT molecular complexity index is 393. The molecule has 102 valence electrons. The molecule has 0 rings (SSSR count). The van der Waals surface area contributed by atoms with E-state index in [0.717, 1.165) is 0 Å². The average molecular weight is 314 g/mol. The first-order valence-electron chi connectivity index (χ1n) is 4.72. The van der Waals surface area contributed by atoms with E-state index in [9.17, 15) is 18.0 Å². The van der Waals surface area contributed by atoms with E-state index in [1.807, 2.05) is 0 Å². The van der Waals surface area contributed by atoms with E-state index in [4.69, 9.17) is 4.55 Å². The van der Waals surface area contributed by atoms with Crippen LogP contribution in [0.15, 0.2) is 12.7 Å². The predicted octanol–water partition coefficient (Wildman–Crippen LogP) is -1.37. The van der Waals surface area contributed by atoms with Crippen molar-refractivity contribution in [1.29, 1.82) is 0 Å². The zero-order valence-corrected chi connectivity index (χ0v) is 10.1. The summed E-state index contributed by atoms with van der Waals surface area (Å²) in [5.74, 6) is -2.13. The standard InChI is InChI=1S/C9H14O7S.2Na.2H/c1-3-5-16-8(10)6-7(17(12,13)14)9(11)15-4-2;;;;/h3,7H,1,4-6H2,2H3,(H,12,13,14);;;;. The van der Waals surface area contributed by atoms with Gasteiger partial charge in [0.25, 0.3) is 10.1 Å². The Hall–Kier alpha value is 0.590. The molecule has 0 amide bonds. The molecule has 0 aliphatic rings. The first-order chi connectivity index (χ1) is 7.82. The van der Waals surface area contributed by atoms with Crippen LogP contribution in [0.5, 0.6) is 0 Å². The summed E-state index contributed by atoms with van der Waals surface area (Å²) in [7, 11) is -4.71. The summed E-state index contributed by atoms with van der Waals surface area (Å²) in [5, 5.41) is -1.96. The number of hydrogen-bond donors (Lipinski definition) is 1. The molecule has 0 aliphatic carbocycles. The fraction of sp³-hybridized carbons (Fsp3) is 0.556. The quantitative estimate of drug-likeness (QED) is 0.267. The van der Waals surface area contributed by atoms with Gasteiger partial charge in [-0.25, -0.2) is 0 Å². The van der Waals surface area contributed by atoms with Gasteiger partial charge < -0.3 is 9.47 Å². The SMILES string of the molecule is C=CCOC(=O)CC(C(=O)OCC)S(=O)(=O)O.[NaH].[NaH]. The molecule has 0 fully saturated rings. The van der Waals surface area contributed by atoms with Crippen molar-refractivity contribution in [3.8, 4) is 0 Å². The summed E-state index contributed by atoms with van der Waals surface area (Å²) in [5.41, 5.74) is 0. The monoisotopic (exact) mass is 314 g/mol. The van der Waals surface area contributed by atoms with Gasteiger partial charge in [-0.3, -0.25) is 14.1 Å². The molecule has 0 bridgehead atoms. The molecule has 0 aromatic heterocycles. The van der Waals surface area contributed by atoms with Crippen molar-refractivity contribution in [3.63, 3.8) is 0 Å². The van der Waals surface area contributed by atoms with Gasteiger partial charge in [-0.05, 0) is 6.92 Å². The van der Waals surface area contributed by atoms with Crippen LogP contribution in [0.25, 0.3) is 0 Å². The van der Waals surface area contributed by atoms with Gasteiger partial charge in [0.1, 0.15) is 6.61 Å². The predicted molar refractivity (Wildman–Crippen MR) is 72.0 cm³/mol. The van der Waals surface area contributed by atoms with Gasteiger partial charge in [0.2, 0.25) is 0 Å². The van der Waals surface area contributed by atoms with Crippen LogP contribution in [0.4, 0.5) is 0 Å². The van der Waals surface area contributed by atoms with E-state index in [2.05, 4.69) is 16.1 Å². The number of rotatable bonds is 7. The summed E-state index contributed by atoms with van der Waals surface area (Å²) in [4.78, 5) is 22.3. The molecule has 0 heterocycles. The molecule has 7 nitrogen and oxygen atoms in total. The first kappa shape index (κ1) is 24.6. The van der Waals surface area contributed by atoms with Crippen molar-refractivity contribution in [3.05, 3.63) is 12.7 Å². The summed E-state index contributed by atoms with van der Waals surface area (Å²) in [6.45, 7) is 4.58. The van der Waals surface area contributed by atoms with E-state index >= 15 is 0 Å². The van der Waals surface area contributed by atoms with Crippen molar-refractivity contribution in [2.45, 2.75) is 18.6 Å². The molecule has 0 aliphatic heterocycles. The number of ether oxygens (including phenoxy) is 2. The minimum atomic E-state index is -4.71. The summed E-state index contributed by atoms with van der Waals surface area (Å²) in [6.07, 6.45) is 0.482. The number of carbonyl (C=O) groups excluding carboxylic acids is 2. The third-order valence-electron chi connectivity index (χ3n) is 1.62. The van der Waals surface area contributed by atoms with Crippen LogP contribution in [0.1, 0.15) is 13.3 Å². The number of esters is 2. The van der Waals surface area contributed by atoms with E-state index in [-0.39, 0.29) is 72.3 Å². The Kier molecular flexibility index (Phi) is 16.0. The Morgan fingerprint density at radius 3 is 2.21 bits per heavy atom. The molecule has 1 N–H and O–H groups in total. The molecule has 0 radical (unpaired) electrons. The Morgan fingerprint density at radius 1 is 1.32 bits per heavy atom. The molecular formula is C9H16Na2O7S. The Labute approximate surface area is 156 Å². The van der Waals surface area contributed by atoms with E-state index in [1.165, 1.54) is 13.0 Å². The fourth-order valence-electron chi connectivity index (χ4n) is 0.908. The van der Waals surface area contributed by atoms with Gasteiger partial charge in [0, 0.05) is 0 Å². The van der Waals surface area contributed by atoms with Crippen LogP contribution in [0.3, 0.4) is 0 Å². The van der Waals surface area contributed by atoms with Gasteiger partial charge in [-0.15, -0.1) is 0 Å². The van der Waals surface area contributed by atoms with Crippen molar-refractivity contribution in [2.24, 2.45) is 0 Å². The van der Waals surface area contributed by atoms with E-state index in [0.29, 0.717) is 0 Å². The topological polar surface area (TPSA) is 107 Å². The van der Waals surface area contributed by atoms with Crippen LogP contribution in [0, 0.1) is 0 Å². The first-order valence-corrected chi connectivity index (χ1v) is 6.22. The molecule has 1 atom stereocenters.